The van der Waals surface area contributed by atoms with Crippen LogP contribution in [0.5, 0.6) is 0 Å². The molecule has 3 heterocycles. The minimum atomic E-state index is -3.88. The van der Waals surface area contributed by atoms with Crippen LogP contribution in [0.4, 0.5) is 11.6 Å². The average molecular weight is 459 g/mol. The number of nitrogens with one attached hydrogen (secondary N) is 2. The van der Waals surface area contributed by atoms with Crippen molar-refractivity contribution in [3.05, 3.63) is 47.4 Å². The van der Waals surface area contributed by atoms with Gasteiger partial charge in [0.25, 0.3) is 0 Å². The van der Waals surface area contributed by atoms with Gasteiger partial charge in [-0.05, 0) is 31.0 Å². The molecule has 5 N–H and O–H groups in total. The van der Waals surface area contributed by atoms with Gasteiger partial charge in [-0.3, -0.25) is 9.86 Å². The standard InChI is InChI=1S/C20H22N6O5S/c21-32(30,31)14-6-4-13(5-7-14)26(29)19-22-11-12-10-15-17(27)24-18(28)20(8-2-1-3-9-20)25(15)16(12)23-19/h4-7,10-11,17,26-27H,1-3,8-9H2,(H,24,28)(H2,21,30,31). The molecule has 2 atom stereocenters. The lowest BCUT2D eigenvalue weighted by atomic mass is 9.79. The SMILES string of the molecule is NS(=O)(=O)c1ccc([NH+]([O-])c2ncc3cc4n(c3n2)C2(CCCCC2)C(=O)NC4O)cc1. The number of quaternary nitrogens is 1. The van der Waals surface area contributed by atoms with Gasteiger partial charge in [-0.1, -0.05) is 19.3 Å². The molecule has 1 aromatic carbocycles. The molecule has 168 valence electrons. The lowest BCUT2D eigenvalue weighted by molar-refractivity contribution is -0.704. The third kappa shape index (κ3) is 3.19. The second-order valence-electron chi connectivity index (χ2n) is 8.24. The largest absolute Gasteiger partial charge is 0.621 e. The first kappa shape index (κ1) is 21.0. The topological polar surface area (TPSA) is 168 Å². The minimum absolute atomic E-state index is 0.0896. The van der Waals surface area contributed by atoms with Crippen LogP contribution in [-0.4, -0.2) is 34.0 Å². The zero-order valence-electron chi connectivity index (χ0n) is 17.0. The molecule has 0 saturated heterocycles. The van der Waals surface area contributed by atoms with Gasteiger partial charge in [0.2, 0.25) is 15.9 Å². The smallest absolute Gasteiger partial charge is 0.334 e. The summed E-state index contributed by atoms with van der Waals surface area (Å²) in [5, 5.41) is 31.3. The zero-order valence-corrected chi connectivity index (χ0v) is 17.8. The lowest BCUT2D eigenvalue weighted by Gasteiger charge is -2.43. The van der Waals surface area contributed by atoms with Crippen LogP contribution in [0.1, 0.15) is 44.0 Å². The Morgan fingerprint density at radius 1 is 1.22 bits per heavy atom. The zero-order chi connectivity index (χ0) is 22.7. The lowest BCUT2D eigenvalue weighted by Crippen LogP contribution is -2.97. The highest BCUT2D eigenvalue weighted by molar-refractivity contribution is 7.89. The number of rotatable bonds is 3. The van der Waals surface area contributed by atoms with E-state index in [0.29, 0.717) is 29.6 Å². The van der Waals surface area contributed by atoms with Gasteiger partial charge in [0.1, 0.15) is 11.2 Å². The Kier molecular flexibility index (Phi) is 4.80. The number of hydrogen-bond donors (Lipinski definition) is 4. The highest BCUT2D eigenvalue weighted by Gasteiger charge is 2.48. The number of primary sulfonamides is 1. The summed E-state index contributed by atoms with van der Waals surface area (Å²) in [4.78, 5) is 21.5. The highest BCUT2D eigenvalue weighted by Crippen LogP contribution is 2.42. The molecule has 1 spiro atoms. The van der Waals surface area contributed by atoms with Crippen LogP contribution in [0.3, 0.4) is 0 Å². The summed E-state index contributed by atoms with van der Waals surface area (Å²) >= 11 is 0. The Balaban J connectivity index is 1.61. The van der Waals surface area contributed by atoms with Crippen LogP contribution in [0.2, 0.25) is 0 Å². The first-order chi connectivity index (χ1) is 15.2. The molecule has 1 aliphatic carbocycles. The van der Waals surface area contributed by atoms with Gasteiger partial charge in [0.05, 0.1) is 10.6 Å². The van der Waals surface area contributed by atoms with Crippen LogP contribution in [0.25, 0.3) is 11.0 Å². The summed E-state index contributed by atoms with van der Waals surface area (Å²) in [6, 6.07) is 6.92. The van der Waals surface area contributed by atoms with Gasteiger partial charge in [0.15, 0.2) is 11.9 Å². The first-order valence-corrected chi connectivity index (χ1v) is 11.8. The van der Waals surface area contributed by atoms with Crippen LogP contribution >= 0.6 is 0 Å². The van der Waals surface area contributed by atoms with E-state index in [1.807, 2.05) is 0 Å². The van der Waals surface area contributed by atoms with Crippen molar-refractivity contribution in [2.24, 2.45) is 5.14 Å². The summed E-state index contributed by atoms with van der Waals surface area (Å²) < 4.78 is 24.7. The number of aliphatic hydroxyl groups is 1. The Morgan fingerprint density at radius 2 is 1.91 bits per heavy atom. The van der Waals surface area contributed by atoms with Gasteiger partial charge in [0, 0.05) is 23.7 Å². The predicted molar refractivity (Wildman–Crippen MR) is 113 cm³/mol. The predicted octanol–water partition coefficient (Wildman–Crippen LogP) is 0.205. The van der Waals surface area contributed by atoms with E-state index in [4.69, 9.17) is 5.14 Å². The van der Waals surface area contributed by atoms with E-state index >= 15 is 0 Å². The van der Waals surface area contributed by atoms with Gasteiger partial charge < -0.3 is 20.2 Å². The molecule has 0 bridgehead atoms. The second kappa shape index (κ2) is 7.32. The number of sulfonamides is 1. The average Bonchev–Trinajstić information content (AvgIpc) is 3.17. The number of fused-ring (bicyclic) bond motifs is 4. The summed E-state index contributed by atoms with van der Waals surface area (Å²) in [5.74, 6) is -0.340. The molecule has 2 aliphatic rings. The molecule has 2 aromatic heterocycles. The molecule has 5 rings (SSSR count). The third-order valence-corrected chi connectivity index (χ3v) is 7.23. The molecule has 1 fully saturated rings. The summed E-state index contributed by atoms with van der Waals surface area (Å²) in [6.07, 6.45) is 4.32. The summed E-state index contributed by atoms with van der Waals surface area (Å²) in [5.41, 5.74) is 0.265. The molecule has 0 radical (unpaired) electrons. The molecule has 1 aliphatic heterocycles. The monoisotopic (exact) mass is 458 g/mol. The van der Waals surface area contributed by atoms with E-state index in [1.165, 1.54) is 30.5 Å². The number of nitrogens with zero attached hydrogens (tertiary/aromatic N) is 3. The van der Waals surface area contributed by atoms with Crippen molar-refractivity contribution in [1.29, 1.82) is 0 Å². The van der Waals surface area contributed by atoms with Crippen LogP contribution in [-0.2, 0) is 20.4 Å². The van der Waals surface area contributed by atoms with Crippen molar-refractivity contribution in [2.45, 2.75) is 48.8 Å². The van der Waals surface area contributed by atoms with Crippen LogP contribution in [0, 0.1) is 5.21 Å². The number of nitrogens with two attached hydrogens (primary N) is 1. The van der Waals surface area contributed by atoms with Gasteiger partial charge in [-0.15, -0.1) is 0 Å². The fraction of sp³-hybridized carbons (Fsp3) is 0.350. The normalized spacial score (nSPS) is 21.3. The maximum absolute atomic E-state index is 13.0. The Labute approximate surface area is 183 Å². The van der Waals surface area contributed by atoms with Crippen molar-refractivity contribution in [3.8, 4) is 0 Å². The Hall–Kier alpha value is -2.90. The van der Waals surface area contributed by atoms with Gasteiger partial charge in [-0.2, -0.15) is 9.97 Å². The van der Waals surface area contributed by atoms with Crippen molar-refractivity contribution in [3.63, 3.8) is 0 Å². The van der Waals surface area contributed by atoms with E-state index in [0.717, 1.165) is 19.3 Å². The number of benzene rings is 1. The van der Waals surface area contributed by atoms with Gasteiger partial charge in [-0.25, -0.2) is 13.6 Å². The van der Waals surface area contributed by atoms with Crippen molar-refractivity contribution >= 4 is 38.6 Å². The van der Waals surface area contributed by atoms with Crippen molar-refractivity contribution < 1.29 is 23.4 Å². The minimum Gasteiger partial charge on any atom is -0.621 e. The van der Waals surface area contributed by atoms with E-state index in [1.54, 1.807) is 10.6 Å². The van der Waals surface area contributed by atoms with Crippen LogP contribution < -0.4 is 15.5 Å². The molecule has 3 aromatic rings. The molecule has 1 saturated carbocycles. The van der Waals surface area contributed by atoms with E-state index < -0.39 is 26.9 Å². The maximum Gasteiger partial charge on any atom is 0.334 e. The fourth-order valence-corrected chi connectivity index (χ4v) is 5.23. The van der Waals surface area contributed by atoms with Crippen molar-refractivity contribution in [1.82, 2.24) is 19.9 Å². The molecule has 11 nitrogen and oxygen atoms in total. The Bertz CT molecular complexity index is 1310. The molecular formula is C20H22N6O5S. The second-order valence-corrected chi connectivity index (χ2v) is 9.81. The molecule has 32 heavy (non-hydrogen) atoms. The number of carbonyl (C=O) groups is 1. The summed E-state index contributed by atoms with van der Waals surface area (Å²) in [7, 11) is -3.88. The maximum atomic E-state index is 13.0. The molecule has 12 heteroatoms. The molecule has 2 unspecified atom stereocenters. The quantitative estimate of drug-likeness (QED) is 0.407. The molecule has 1 amide bonds. The summed E-state index contributed by atoms with van der Waals surface area (Å²) in [6.45, 7) is 0. The van der Waals surface area contributed by atoms with Crippen molar-refractivity contribution in [2.75, 3.05) is 0 Å². The fourth-order valence-electron chi connectivity index (χ4n) is 4.72. The Morgan fingerprint density at radius 3 is 2.56 bits per heavy atom. The number of carbonyl (C=O) groups excluding carboxylic acids is 1. The van der Waals surface area contributed by atoms with E-state index in [9.17, 15) is 23.5 Å². The number of aromatic nitrogens is 3. The van der Waals surface area contributed by atoms with Crippen LogP contribution in [0.15, 0.2) is 41.4 Å². The van der Waals surface area contributed by atoms with E-state index in [2.05, 4.69) is 15.3 Å². The molecular weight excluding hydrogens is 436 g/mol. The van der Waals surface area contributed by atoms with E-state index in [-0.39, 0.29) is 22.4 Å². The number of hydrogen-bond acceptors (Lipinski definition) is 7. The number of amides is 1. The first-order valence-electron chi connectivity index (χ1n) is 10.3. The van der Waals surface area contributed by atoms with Gasteiger partial charge >= 0.3 is 5.95 Å². The number of aliphatic hydroxyl groups excluding tert-OH is 1. The third-order valence-electron chi connectivity index (χ3n) is 6.30. The highest BCUT2D eigenvalue weighted by atomic mass is 32.2.